The lowest BCUT2D eigenvalue weighted by molar-refractivity contribution is -0.141. The number of alkyl halides is 2. The Hall–Kier alpha value is -7.29. The van der Waals surface area contributed by atoms with Gasteiger partial charge in [-0.2, -0.15) is 0 Å². The summed E-state index contributed by atoms with van der Waals surface area (Å²) >= 11 is 0.982. The fourth-order valence-electron chi connectivity index (χ4n) is 8.69. The van der Waals surface area contributed by atoms with Gasteiger partial charge in [0.1, 0.15) is 48.8 Å². The zero-order valence-corrected chi connectivity index (χ0v) is 40.4. The lowest BCUT2D eigenvalue weighted by Gasteiger charge is -2.32. The van der Waals surface area contributed by atoms with Crippen LogP contribution in [0.5, 0.6) is 0 Å². The van der Waals surface area contributed by atoms with E-state index < -0.39 is 109 Å². The van der Waals surface area contributed by atoms with Gasteiger partial charge in [0.2, 0.25) is 47.7 Å². The largest absolute Gasteiger partial charge is 0.481 e. The maximum Gasteiger partial charge on any atom is 0.305 e. The number of hydrogen-bond acceptors (Lipinski definition) is 12. The van der Waals surface area contributed by atoms with Crippen LogP contribution in [0.4, 0.5) is 8.78 Å². The Labute approximate surface area is 418 Å². The lowest BCUT2D eigenvalue weighted by Crippen LogP contribution is -2.60. The van der Waals surface area contributed by atoms with Crippen LogP contribution < -0.4 is 31.9 Å². The number of hydrogen-bond donors (Lipinski definition) is 7. The summed E-state index contributed by atoms with van der Waals surface area (Å²) in [4.78, 5) is 137. The standard InChI is InChI=1S/C51H59F2N7O11S/c1-30(63)54-39(29-42(64)65)49(70)55-36(23-14-26-62)47(68)60-44(43(32-17-7-3-8-18-32)33-19-9-4-10-20-33)50(71)56-35(22-13-25-61)46(67)58-38(27-31-15-5-2-6-16-31)48(69)57-37(28-41(52)53)45(66)51-59-34-21-11-12-24-40(34)72-51/h3-4,7-12,17-21,24-26,31,35-39,41,43-44H,2,5-6,13-16,22-23,27-29H2,1H3,(H,54,63)(H,55,70)(H,56,71)(H,57,69)(H,58,67)(H,60,68)(H,64,65)/t35?,36?,37?,38-,39-,44?/m0/s1. The predicted molar refractivity (Wildman–Crippen MR) is 261 cm³/mol. The molecule has 6 amide bonds. The Morgan fingerprint density at radius 3 is 1.68 bits per heavy atom. The predicted octanol–water partition coefficient (Wildman–Crippen LogP) is 4.30. The maximum atomic E-state index is 15.0. The van der Waals surface area contributed by atoms with Crippen LogP contribution >= 0.6 is 11.3 Å². The number of ketones is 1. The number of aldehydes is 2. The summed E-state index contributed by atoms with van der Waals surface area (Å²) in [6.45, 7) is 1.06. The molecular formula is C51H59F2N7O11S. The van der Waals surface area contributed by atoms with Crippen LogP contribution in [0.2, 0.25) is 0 Å². The lowest BCUT2D eigenvalue weighted by atomic mass is 9.84. The van der Waals surface area contributed by atoms with Crippen molar-refractivity contribution in [2.24, 2.45) is 5.92 Å². The molecule has 0 radical (unpaired) electrons. The average molecular weight is 1020 g/mol. The molecule has 18 nitrogen and oxygen atoms in total. The number of Topliss-reactive ketones (excluding diaryl/α,β-unsaturated/α-hetero) is 1. The first kappa shape index (κ1) is 55.6. The summed E-state index contributed by atoms with van der Waals surface area (Å²) in [7, 11) is 0. The minimum atomic E-state index is -3.01. The molecule has 6 atom stereocenters. The molecule has 0 saturated heterocycles. The van der Waals surface area contributed by atoms with Crippen LogP contribution in [0.1, 0.15) is 111 Å². The van der Waals surface area contributed by atoms with Crippen molar-refractivity contribution in [2.45, 2.75) is 133 Å². The van der Waals surface area contributed by atoms with Gasteiger partial charge in [-0.05, 0) is 48.4 Å². The summed E-state index contributed by atoms with van der Waals surface area (Å²) in [5.41, 5.74) is 1.47. The second-order valence-corrected chi connectivity index (χ2v) is 18.6. The summed E-state index contributed by atoms with van der Waals surface area (Å²) < 4.78 is 28.8. The molecule has 1 heterocycles. The quantitative estimate of drug-likeness (QED) is 0.0310. The number of carbonyl (C=O) groups excluding carboxylic acids is 9. The highest BCUT2D eigenvalue weighted by atomic mass is 32.1. The molecule has 3 aromatic carbocycles. The summed E-state index contributed by atoms with van der Waals surface area (Å²) in [5.74, 6) is -9.04. The first-order chi connectivity index (χ1) is 34.6. The van der Waals surface area contributed by atoms with Crippen LogP contribution in [0.15, 0.2) is 84.9 Å². The topological polar surface area (TPSA) is 276 Å². The van der Waals surface area contributed by atoms with Gasteiger partial charge in [0.05, 0.1) is 16.6 Å². The number of aromatic nitrogens is 1. The smallest absolute Gasteiger partial charge is 0.305 e. The third kappa shape index (κ3) is 16.7. The van der Waals surface area contributed by atoms with Gasteiger partial charge in [-0.1, -0.05) is 105 Å². The number of carboxylic acids is 1. The fourth-order valence-corrected chi connectivity index (χ4v) is 9.65. The number of nitrogens with zero attached hydrogens (tertiary/aromatic N) is 1. The molecule has 1 aliphatic carbocycles. The molecule has 0 bridgehead atoms. The van der Waals surface area contributed by atoms with E-state index in [2.05, 4.69) is 36.9 Å². The van der Waals surface area contributed by atoms with Crippen molar-refractivity contribution in [2.75, 3.05) is 0 Å². The summed E-state index contributed by atoms with van der Waals surface area (Å²) in [6, 6.07) is 14.3. The van der Waals surface area contributed by atoms with E-state index >= 15 is 0 Å². The maximum absolute atomic E-state index is 15.0. The fraction of sp³-hybridized carbons (Fsp3) is 0.431. The molecule has 0 spiro atoms. The van der Waals surface area contributed by atoms with E-state index in [1.165, 1.54) is 0 Å². The minimum Gasteiger partial charge on any atom is -0.481 e. The van der Waals surface area contributed by atoms with E-state index in [0.717, 1.165) is 37.5 Å². The number of aliphatic carboxylic acids is 1. The van der Waals surface area contributed by atoms with Crippen LogP contribution in [0, 0.1) is 5.92 Å². The second kappa shape index (κ2) is 27.9. The van der Waals surface area contributed by atoms with Gasteiger partial charge in [-0.25, -0.2) is 13.8 Å². The van der Waals surface area contributed by atoms with E-state index in [0.29, 0.717) is 46.8 Å². The Kier molecular flexibility index (Phi) is 21.6. The summed E-state index contributed by atoms with van der Waals surface area (Å²) in [5, 5.41) is 24.4. The molecule has 21 heteroatoms. The normalized spacial score (nSPS) is 15.2. The molecule has 4 aromatic rings. The number of carboxylic acid groups (broad SMARTS) is 1. The van der Waals surface area contributed by atoms with E-state index in [1.54, 1.807) is 84.9 Å². The van der Waals surface area contributed by atoms with Crippen molar-refractivity contribution < 1.29 is 61.8 Å². The third-order valence-electron chi connectivity index (χ3n) is 12.2. The van der Waals surface area contributed by atoms with E-state index in [-0.39, 0.29) is 43.0 Å². The Balaban J connectivity index is 1.48. The third-order valence-corrected chi connectivity index (χ3v) is 13.2. The van der Waals surface area contributed by atoms with Gasteiger partial charge in [0.15, 0.2) is 5.01 Å². The van der Waals surface area contributed by atoms with Gasteiger partial charge in [0.25, 0.3) is 0 Å². The number of carbonyl (C=O) groups is 10. The first-order valence-electron chi connectivity index (χ1n) is 23.7. The molecular weight excluding hydrogens is 957 g/mol. The SMILES string of the molecule is CC(=O)N[C@@H](CC(=O)O)C(=O)NC(CCC=O)C(=O)NC(C(=O)NC(CCC=O)C(=O)N[C@@H](CC1CCCCC1)C(=O)NC(CC(F)F)C(=O)c1nc2ccccc2s1)C(c1ccccc1)c1ccccc1. The van der Waals surface area contributed by atoms with Crippen molar-refractivity contribution in [1.82, 2.24) is 36.9 Å². The first-order valence-corrected chi connectivity index (χ1v) is 24.6. The van der Waals surface area contributed by atoms with E-state index in [4.69, 9.17) is 0 Å². The van der Waals surface area contributed by atoms with Crippen LogP contribution in [0.25, 0.3) is 10.2 Å². The summed E-state index contributed by atoms with van der Waals surface area (Å²) in [6.07, 6.45) is -1.04. The van der Waals surface area contributed by atoms with Crippen LogP contribution in [0.3, 0.4) is 0 Å². The minimum absolute atomic E-state index is 0.0502. The molecule has 4 unspecified atom stereocenters. The van der Waals surface area contributed by atoms with Gasteiger partial charge >= 0.3 is 5.97 Å². The average Bonchev–Trinajstić information content (AvgIpc) is 3.80. The van der Waals surface area contributed by atoms with Crippen molar-refractivity contribution in [3.8, 4) is 0 Å². The molecule has 1 fully saturated rings. The number of rotatable bonds is 28. The monoisotopic (exact) mass is 1020 g/mol. The van der Waals surface area contributed by atoms with Crippen LogP contribution in [-0.2, 0) is 43.2 Å². The number of nitrogens with one attached hydrogen (secondary N) is 6. The molecule has 384 valence electrons. The Morgan fingerprint density at radius 1 is 0.639 bits per heavy atom. The number of amides is 6. The van der Waals surface area contributed by atoms with Crippen molar-refractivity contribution in [3.05, 3.63) is 101 Å². The highest BCUT2D eigenvalue weighted by molar-refractivity contribution is 7.20. The Bertz CT molecular complexity index is 2440. The molecule has 5 rings (SSSR count). The molecule has 1 saturated carbocycles. The van der Waals surface area contributed by atoms with E-state index in [1.807, 2.05) is 0 Å². The number of thiazole rings is 1. The van der Waals surface area contributed by atoms with E-state index in [9.17, 15) is 61.8 Å². The Morgan fingerprint density at radius 2 is 1.14 bits per heavy atom. The number of benzene rings is 3. The van der Waals surface area contributed by atoms with Crippen molar-refractivity contribution in [3.63, 3.8) is 0 Å². The molecule has 7 N–H and O–H groups in total. The van der Waals surface area contributed by atoms with Crippen molar-refractivity contribution in [1.29, 1.82) is 0 Å². The number of para-hydroxylation sites is 1. The van der Waals surface area contributed by atoms with Crippen molar-refractivity contribution >= 4 is 81.3 Å². The van der Waals surface area contributed by atoms with Gasteiger partial charge in [-0.15, -0.1) is 11.3 Å². The highest BCUT2D eigenvalue weighted by Crippen LogP contribution is 2.30. The van der Waals surface area contributed by atoms with Gasteiger partial charge < -0.3 is 46.6 Å². The van der Waals surface area contributed by atoms with Gasteiger partial charge in [-0.3, -0.25) is 38.4 Å². The number of halogens is 2. The van der Waals surface area contributed by atoms with Crippen LogP contribution in [-0.4, -0.2) is 113 Å². The highest BCUT2D eigenvalue weighted by Gasteiger charge is 2.39. The number of fused-ring (bicyclic) bond motifs is 1. The van der Waals surface area contributed by atoms with Gasteiger partial charge in [0, 0.05) is 32.1 Å². The zero-order valence-electron chi connectivity index (χ0n) is 39.6. The molecule has 0 aliphatic heterocycles. The molecule has 1 aromatic heterocycles. The molecule has 72 heavy (non-hydrogen) atoms. The molecule has 1 aliphatic rings. The second-order valence-electron chi connectivity index (χ2n) is 17.6. The zero-order chi connectivity index (χ0) is 52.2.